The molecule has 0 amide bonds. The minimum atomic E-state index is -4.95. The van der Waals surface area contributed by atoms with Crippen LogP contribution in [0, 0.1) is 3.57 Å². The van der Waals surface area contributed by atoms with Gasteiger partial charge in [-0.25, -0.2) is 9.78 Å². The average Bonchev–Trinajstić information content (AvgIpc) is 2.28. The van der Waals surface area contributed by atoms with Gasteiger partial charge in [0.25, 0.3) is 0 Å². The van der Waals surface area contributed by atoms with Gasteiger partial charge in [0.2, 0.25) is 5.88 Å². The molecule has 100 valence electrons. The molecule has 0 atom stereocenters. The third-order valence-electron chi connectivity index (χ3n) is 1.83. The van der Waals surface area contributed by atoms with E-state index in [-0.39, 0.29) is 11.4 Å². The number of methoxy groups -OCH3 is 1. The average molecular weight is 396 g/mol. The third kappa shape index (κ3) is 3.61. The van der Waals surface area contributed by atoms with Crippen molar-refractivity contribution < 1.29 is 27.4 Å². The largest absolute Gasteiger partial charge is 0.574 e. The van der Waals surface area contributed by atoms with Gasteiger partial charge in [-0.05, 0) is 22.6 Å². The van der Waals surface area contributed by atoms with Crippen molar-refractivity contribution in [1.29, 1.82) is 0 Å². The Hall–Kier alpha value is -0.770. The minimum Gasteiger partial charge on any atom is -0.465 e. The maximum atomic E-state index is 12.2. The summed E-state index contributed by atoms with van der Waals surface area (Å²) in [7, 11) is 1.04. The number of hydrogen-bond acceptors (Lipinski definition) is 4. The molecule has 9 heteroatoms. The van der Waals surface area contributed by atoms with Crippen LogP contribution < -0.4 is 4.74 Å². The maximum Gasteiger partial charge on any atom is 0.574 e. The molecule has 0 aliphatic carbocycles. The Morgan fingerprint density at radius 2 is 2.17 bits per heavy atom. The Labute approximate surface area is 119 Å². The Balaban J connectivity index is 3.38. The van der Waals surface area contributed by atoms with Crippen LogP contribution in [0.3, 0.4) is 0 Å². The summed E-state index contributed by atoms with van der Waals surface area (Å²) in [6, 6.07) is 0. The van der Waals surface area contributed by atoms with E-state index < -0.39 is 23.8 Å². The maximum absolute atomic E-state index is 12.2. The molecule has 1 heterocycles. The zero-order valence-electron chi connectivity index (χ0n) is 8.85. The lowest BCUT2D eigenvalue weighted by Gasteiger charge is -2.14. The van der Waals surface area contributed by atoms with Crippen molar-refractivity contribution in [3.05, 3.63) is 20.9 Å². The van der Waals surface area contributed by atoms with Crippen molar-refractivity contribution in [2.75, 3.05) is 7.11 Å². The Morgan fingerprint density at radius 3 is 2.61 bits per heavy atom. The molecule has 4 nitrogen and oxygen atoms in total. The number of nitrogens with zero attached hydrogens (tertiary/aromatic N) is 1. The van der Waals surface area contributed by atoms with E-state index in [2.05, 4.69) is 14.5 Å². The predicted octanol–water partition coefficient (Wildman–Crippen LogP) is 3.11. The van der Waals surface area contributed by atoms with E-state index in [0.717, 1.165) is 13.3 Å². The van der Waals surface area contributed by atoms with Gasteiger partial charge in [0.15, 0.2) is 0 Å². The number of hydrogen-bond donors (Lipinski definition) is 0. The molecular weight excluding hydrogens is 389 g/mol. The molecule has 0 aliphatic heterocycles. The van der Waals surface area contributed by atoms with Crippen molar-refractivity contribution >= 4 is 40.2 Å². The molecule has 0 aromatic carbocycles. The first-order valence-electron chi connectivity index (χ1n) is 4.37. The lowest BCUT2D eigenvalue weighted by atomic mass is 10.1. The molecule has 1 aromatic heterocycles. The molecule has 18 heavy (non-hydrogen) atoms. The summed E-state index contributed by atoms with van der Waals surface area (Å²) < 4.78 is 45.0. The van der Waals surface area contributed by atoms with E-state index in [0.29, 0.717) is 3.57 Å². The molecule has 1 rings (SSSR count). The van der Waals surface area contributed by atoms with Crippen molar-refractivity contribution in [3.63, 3.8) is 0 Å². The first-order valence-corrected chi connectivity index (χ1v) is 5.99. The van der Waals surface area contributed by atoms with Gasteiger partial charge in [0, 0.05) is 21.2 Å². The molecular formula is C9H6ClF3INO3. The fraction of sp³-hybridized carbons (Fsp3) is 0.333. The molecule has 0 N–H and O–H groups in total. The van der Waals surface area contributed by atoms with Gasteiger partial charge in [0.05, 0.1) is 7.11 Å². The molecule has 0 saturated carbocycles. The number of esters is 1. The normalized spacial score (nSPS) is 11.2. The first kappa shape index (κ1) is 15.3. The number of pyridine rings is 1. The molecule has 0 spiro atoms. The lowest BCUT2D eigenvalue weighted by Crippen LogP contribution is -2.21. The van der Waals surface area contributed by atoms with Gasteiger partial charge in [-0.3, -0.25) is 0 Å². The van der Waals surface area contributed by atoms with Crippen LogP contribution in [0.4, 0.5) is 13.2 Å². The molecule has 1 aromatic rings. The number of halogens is 5. The van der Waals surface area contributed by atoms with Gasteiger partial charge >= 0.3 is 12.3 Å². The summed E-state index contributed by atoms with van der Waals surface area (Å²) in [5, 5.41) is 0. The smallest absolute Gasteiger partial charge is 0.465 e. The van der Waals surface area contributed by atoms with Gasteiger partial charge < -0.3 is 9.47 Å². The standard InChI is InChI=1S/C9H6ClF3INO3/c1-17-8(16)6-4(2-10)5(14)3-15-7(6)18-9(11,12)13/h3H,2H2,1H3. The lowest BCUT2D eigenvalue weighted by molar-refractivity contribution is -0.276. The predicted molar refractivity (Wildman–Crippen MR) is 64.5 cm³/mol. The van der Waals surface area contributed by atoms with Crippen LogP contribution in [0.2, 0.25) is 0 Å². The fourth-order valence-electron chi connectivity index (χ4n) is 1.14. The highest BCUT2D eigenvalue weighted by Gasteiger charge is 2.35. The molecule has 0 unspecified atom stereocenters. The molecule has 0 bridgehead atoms. The zero-order valence-corrected chi connectivity index (χ0v) is 11.8. The van der Waals surface area contributed by atoms with Gasteiger partial charge in [-0.15, -0.1) is 24.8 Å². The van der Waals surface area contributed by atoms with Crippen LogP contribution in [0.1, 0.15) is 15.9 Å². The number of carbonyl (C=O) groups is 1. The third-order valence-corrected chi connectivity index (χ3v) is 3.03. The van der Waals surface area contributed by atoms with E-state index >= 15 is 0 Å². The topological polar surface area (TPSA) is 48.4 Å². The van der Waals surface area contributed by atoms with E-state index in [9.17, 15) is 18.0 Å². The summed E-state index contributed by atoms with van der Waals surface area (Å²) >= 11 is 7.40. The quantitative estimate of drug-likeness (QED) is 0.448. The fourth-order valence-corrected chi connectivity index (χ4v) is 2.24. The van der Waals surface area contributed by atoms with E-state index in [1.54, 1.807) is 22.6 Å². The van der Waals surface area contributed by atoms with Crippen LogP contribution in [0.15, 0.2) is 6.20 Å². The number of alkyl halides is 4. The summed E-state index contributed by atoms with van der Waals surface area (Å²) in [6.07, 6.45) is -3.82. The van der Waals surface area contributed by atoms with Crippen molar-refractivity contribution in [3.8, 4) is 5.88 Å². The van der Waals surface area contributed by atoms with Crippen LogP contribution in [-0.2, 0) is 10.6 Å². The van der Waals surface area contributed by atoms with E-state index in [1.165, 1.54) is 0 Å². The van der Waals surface area contributed by atoms with Crippen LogP contribution in [0.5, 0.6) is 5.88 Å². The van der Waals surface area contributed by atoms with Crippen molar-refractivity contribution in [2.24, 2.45) is 0 Å². The Bertz CT molecular complexity index is 467. The summed E-state index contributed by atoms with van der Waals surface area (Å²) in [4.78, 5) is 14.9. The second kappa shape index (κ2) is 5.91. The van der Waals surface area contributed by atoms with Gasteiger partial charge in [-0.2, -0.15) is 0 Å². The number of rotatable bonds is 3. The summed E-state index contributed by atoms with van der Waals surface area (Å²) in [6.45, 7) is 0. The monoisotopic (exact) mass is 395 g/mol. The Morgan fingerprint density at radius 1 is 1.56 bits per heavy atom. The summed E-state index contributed by atoms with van der Waals surface area (Å²) in [5.41, 5.74) is -0.241. The van der Waals surface area contributed by atoms with Gasteiger partial charge in [-0.1, -0.05) is 0 Å². The van der Waals surface area contributed by atoms with Crippen molar-refractivity contribution in [2.45, 2.75) is 12.2 Å². The SMILES string of the molecule is COC(=O)c1c(OC(F)(F)F)ncc(I)c1CCl. The van der Waals surface area contributed by atoms with E-state index in [4.69, 9.17) is 11.6 Å². The highest BCUT2D eigenvalue weighted by Crippen LogP contribution is 2.30. The molecule has 0 aliphatic rings. The van der Waals surface area contributed by atoms with Crippen LogP contribution in [-0.4, -0.2) is 24.4 Å². The van der Waals surface area contributed by atoms with Crippen molar-refractivity contribution in [1.82, 2.24) is 4.98 Å². The minimum absolute atomic E-state index is 0.167. The number of carbonyl (C=O) groups excluding carboxylic acids is 1. The second-order valence-corrected chi connectivity index (χ2v) is 4.37. The van der Waals surface area contributed by atoms with Gasteiger partial charge in [0.1, 0.15) is 5.56 Å². The number of aromatic nitrogens is 1. The van der Waals surface area contributed by atoms with Crippen LogP contribution >= 0.6 is 34.2 Å². The molecule has 0 fully saturated rings. The second-order valence-electron chi connectivity index (χ2n) is 2.94. The highest BCUT2D eigenvalue weighted by atomic mass is 127. The highest BCUT2D eigenvalue weighted by molar-refractivity contribution is 14.1. The Kier molecular flexibility index (Phi) is 5.02. The van der Waals surface area contributed by atoms with E-state index in [1.807, 2.05) is 0 Å². The molecule has 0 radical (unpaired) electrons. The summed E-state index contributed by atoms with van der Waals surface area (Å²) in [5.74, 6) is -2.03. The van der Waals surface area contributed by atoms with Crippen LogP contribution in [0.25, 0.3) is 0 Å². The first-order chi connectivity index (χ1) is 8.30. The molecule has 0 saturated heterocycles. The number of ether oxygens (including phenoxy) is 2. The zero-order chi connectivity index (χ0) is 13.9.